The Morgan fingerprint density at radius 3 is 1.67 bits per heavy atom. The molecule has 6 heavy (non-hydrogen) atoms. The van der Waals surface area contributed by atoms with Gasteiger partial charge in [-0.25, -0.2) is 0 Å². The average Bonchev–Trinajstić information content (AvgIpc) is 0.811. The predicted octanol–water partition coefficient (Wildman–Crippen LogP) is -0.353. The largest absolute Gasteiger partial charge is 0.328 e. The maximum absolute atomic E-state index is 8.36. The summed E-state index contributed by atoms with van der Waals surface area (Å²) in [6, 6.07) is 0. The summed E-state index contributed by atoms with van der Waals surface area (Å²) in [4.78, 5) is 8.36. The molecular weight excluding hydrogens is 184 g/mol. The quantitative estimate of drug-likeness (QED) is 0.319. The van der Waals surface area contributed by atoms with Gasteiger partial charge in [0, 0.05) is 33.6 Å². The molecule has 0 aromatic heterocycles. The van der Waals surface area contributed by atoms with Gasteiger partial charge in [-0.3, -0.25) is 0 Å². The monoisotopic (exact) mass is 184 g/mol. The van der Waals surface area contributed by atoms with E-state index in [0.29, 0.717) is 0 Å². The Labute approximate surface area is 54.4 Å². The van der Waals surface area contributed by atoms with Gasteiger partial charge in [-0.15, -0.1) is 10.1 Å². The molecule has 0 amide bonds. The normalized spacial score (nSPS) is 4.00. The minimum Gasteiger partial charge on any atom is -0.328 e. The van der Waals surface area contributed by atoms with Gasteiger partial charge in [0.25, 0.3) is 5.09 Å². The van der Waals surface area contributed by atoms with Crippen molar-refractivity contribution in [3.05, 3.63) is 10.1 Å². The molecule has 0 aromatic rings. The van der Waals surface area contributed by atoms with Crippen molar-refractivity contribution in [2.24, 2.45) is 0 Å². The third-order valence-corrected chi connectivity index (χ3v) is 0. The van der Waals surface area contributed by atoms with Gasteiger partial charge in [0.2, 0.25) is 0 Å². The minimum atomic E-state index is -1.50. The first-order chi connectivity index (χ1) is 1.73. The first kappa shape index (κ1) is 16.4. The van der Waals surface area contributed by atoms with Gasteiger partial charge in [-0.1, -0.05) is 0 Å². The molecule has 0 saturated heterocycles. The fourth-order valence-corrected chi connectivity index (χ4v) is 0. The third-order valence-electron chi connectivity index (χ3n) is 0. The van der Waals surface area contributed by atoms with Crippen molar-refractivity contribution >= 4 is 0 Å². The summed E-state index contributed by atoms with van der Waals surface area (Å²) in [6.07, 6.45) is 0. The van der Waals surface area contributed by atoms with Crippen molar-refractivity contribution in [1.82, 2.24) is 0 Å². The second-order valence-corrected chi connectivity index (χ2v) is 0.238. The van der Waals surface area contributed by atoms with Crippen molar-refractivity contribution in [3.8, 4) is 0 Å². The van der Waals surface area contributed by atoms with Crippen molar-refractivity contribution in [1.29, 1.82) is 0 Å². The van der Waals surface area contributed by atoms with Crippen LogP contribution in [-0.2, 0) is 33.6 Å². The molecule has 0 saturated carbocycles. The molecule has 0 bridgehead atoms. The first-order valence-electron chi connectivity index (χ1n) is 0.565. The predicted molar refractivity (Wildman–Crippen MR) is 8.78 cm³/mol. The molecule has 0 aromatic carbocycles. The number of rotatable bonds is 0. The topological polar surface area (TPSA) is 63.4 Å². The molecule has 0 fully saturated rings. The molecule has 1 radical (unpaired) electrons. The molecule has 0 atom stereocenters. The summed E-state index contributed by atoms with van der Waals surface area (Å²) in [5, 5.41) is 13.6. The summed E-state index contributed by atoms with van der Waals surface area (Å²) >= 11 is 0. The van der Waals surface area contributed by atoms with E-state index in [1.54, 1.807) is 0 Å². The van der Waals surface area contributed by atoms with Crippen LogP contribution in [0.25, 0.3) is 0 Å². The third kappa shape index (κ3) is 959. The molecule has 0 spiro atoms. The van der Waals surface area contributed by atoms with Gasteiger partial charge in [-0.05, 0) is 0 Å². The standard InChI is InChI=1S/Cu.HNO3.Ni/c;2-1(3)4;/h;(H,2,3,4);. The van der Waals surface area contributed by atoms with E-state index in [-0.39, 0.29) is 33.6 Å². The molecule has 0 aliphatic heterocycles. The van der Waals surface area contributed by atoms with Crippen molar-refractivity contribution in [2.75, 3.05) is 0 Å². The van der Waals surface area contributed by atoms with E-state index >= 15 is 0 Å². The van der Waals surface area contributed by atoms with Crippen LogP contribution in [-0.4, -0.2) is 10.3 Å². The zero-order valence-electron chi connectivity index (χ0n) is 2.33. The van der Waals surface area contributed by atoms with E-state index in [1.165, 1.54) is 0 Å². The smallest absolute Gasteiger partial charge is 0.291 e. The van der Waals surface area contributed by atoms with E-state index < -0.39 is 5.09 Å². The Morgan fingerprint density at radius 1 is 1.67 bits per heavy atom. The molecule has 1 N–H and O–H groups in total. The minimum absolute atomic E-state index is 0. The van der Waals surface area contributed by atoms with Crippen LogP contribution < -0.4 is 0 Å². The van der Waals surface area contributed by atoms with Crippen LogP contribution in [0.1, 0.15) is 0 Å². The fraction of sp³-hybridized carbons (Fsp3) is 0. The van der Waals surface area contributed by atoms with Crippen molar-refractivity contribution in [3.63, 3.8) is 0 Å². The van der Waals surface area contributed by atoms with Gasteiger partial charge in [0.1, 0.15) is 0 Å². The number of hydrogen-bond donors (Lipinski definition) is 1. The maximum atomic E-state index is 8.36. The number of nitrogens with zero attached hydrogens (tertiary/aromatic N) is 1. The van der Waals surface area contributed by atoms with Gasteiger partial charge in [0.05, 0.1) is 0 Å². The Bertz CT molecular complexity index is 33.8. The van der Waals surface area contributed by atoms with E-state index in [2.05, 4.69) is 0 Å². The van der Waals surface area contributed by atoms with Crippen LogP contribution in [0.4, 0.5) is 0 Å². The van der Waals surface area contributed by atoms with Gasteiger partial charge < -0.3 is 5.21 Å². The molecule has 0 aliphatic carbocycles. The summed E-state index contributed by atoms with van der Waals surface area (Å²) in [5.41, 5.74) is 0. The fourth-order valence-electron chi connectivity index (χ4n) is 0. The Balaban J connectivity index is -0.0000000450. The van der Waals surface area contributed by atoms with Crippen LogP contribution in [0, 0.1) is 10.1 Å². The summed E-state index contributed by atoms with van der Waals surface area (Å²) in [6.45, 7) is 0. The van der Waals surface area contributed by atoms with Crippen LogP contribution in [0.2, 0.25) is 0 Å². The summed E-state index contributed by atoms with van der Waals surface area (Å²) in [5.74, 6) is 0. The van der Waals surface area contributed by atoms with Crippen LogP contribution >= 0.6 is 0 Å². The van der Waals surface area contributed by atoms with E-state index in [9.17, 15) is 0 Å². The van der Waals surface area contributed by atoms with E-state index in [4.69, 9.17) is 15.3 Å². The molecule has 4 nitrogen and oxygen atoms in total. The van der Waals surface area contributed by atoms with Crippen molar-refractivity contribution in [2.45, 2.75) is 0 Å². The SMILES string of the molecule is O=[N+]([O-])O.[Cu].[Ni]. The van der Waals surface area contributed by atoms with Gasteiger partial charge in [-0.2, -0.15) is 0 Å². The Morgan fingerprint density at radius 2 is 1.67 bits per heavy atom. The van der Waals surface area contributed by atoms with Crippen LogP contribution in [0.15, 0.2) is 0 Å². The Hall–Kier alpha value is 0.213. The van der Waals surface area contributed by atoms with Gasteiger partial charge >= 0.3 is 0 Å². The molecule has 45 valence electrons. The zero-order valence-corrected chi connectivity index (χ0v) is 4.26. The average molecular weight is 185 g/mol. The second-order valence-electron chi connectivity index (χ2n) is 0.238. The molecule has 6 heteroatoms. The Kier molecular flexibility index (Phi) is 24.4. The maximum Gasteiger partial charge on any atom is 0.291 e. The summed E-state index contributed by atoms with van der Waals surface area (Å²) in [7, 11) is 0. The van der Waals surface area contributed by atoms with E-state index in [0.717, 1.165) is 0 Å². The summed E-state index contributed by atoms with van der Waals surface area (Å²) < 4.78 is 0. The first-order valence-corrected chi connectivity index (χ1v) is 0.565. The molecule has 0 unspecified atom stereocenters. The van der Waals surface area contributed by atoms with Crippen LogP contribution in [0.5, 0.6) is 0 Å². The van der Waals surface area contributed by atoms with Crippen LogP contribution in [0.3, 0.4) is 0 Å². The molecule has 0 rings (SSSR count). The molecule has 0 heterocycles. The molecular formula is HCuNNiO3. The zero-order chi connectivity index (χ0) is 3.58. The van der Waals surface area contributed by atoms with E-state index in [1.807, 2.05) is 0 Å². The number of hydrogen-bond acceptors (Lipinski definition) is 2. The van der Waals surface area contributed by atoms with Crippen molar-refractivity contribution < 1.29 is 43.9 Å². The van der Waals surface area contributed by atoms with Gasteiger partial charge in [0.15, 0.2) is 0 Å². The molecule has 0 aliphatic rings. The second kappa shape index (κ2) is 8.96.